The summed E-state index contributed by atoms with van der Waals surface area (Å²) in [5.74, 6) is -1.14. The second-order valence-corrected chi connectivity index (χ2v) is 7.88. The summed E-state index contributed by atoms with van der Waals surface area (Å²) in [5, 5.41) is 2.35. The van der Waals surface area contributed by atoms with E-state index in [1.54, 1.807) is 6.08 Å². The van der Waals surface area contributed by atoms with Crippen molar-refractivity contribution in [3.63, 3.8) is 0 Å². The number of urea groups is 1. The van der Waals surface area contributed by atoms with Crippen LogP contribution in [-0.4, -0.2) is 33.4 Å². The first-order valence-electron chi connectivity index (χ1n) is 10.1. The molecule has 1 N–H and O–H groups in total. The van der Waals surface area contributed by atoms with Gasteiger partial charge in [0.05, 0.1) is 0 Å². The van der Waals surface area contributed by atoms with Crippen molar-refractivity contribution >= 4 is 23.9 Å². The van der Waals surface area contributed by atoms with Gasteiger partial charge >= 0.3 is 6.03 Å². The molecule has 2 fully saturated rings. The second kappa shape index (κ2) is 7.70. The number of rotatable bonds is 3. The Morgan fingerprint density at radius 3 is 2.52 bits per heavy atom. The van der Waals surface area contributed by atoms with E-state index in [-0.39, 0.29) is 11.6 Å². The van der Waals surface area contributed by atoms with Crippen molar-refractivity contribution in [1.82, 2.24) is 14.8 Å². The molecule has 2 aliphatic rings. The Hall–Kier alpha value is -3.15. The third-order valence-electron chi connectivity index (χ3n) is 5.76. The first-order chi connectivity index (χ1) is 14.0. The molecule has 6 heteroatoms. The standard InChI is InChI=1S/C23H25N3O3/c1-15-10-11-20(16(2)13-15)25-12-6-9-18(25)14-19-21(27)24-23(29)26(22(19)28)17-7-4-3-5-8-17/h6,9-14,17H,3-5,7-8H2,1-2H3,(H,24,27,29). The Morgan fingerprint density at radius 1 is 1.03 bits per heavy atom. The fourth-order valence-corrected chi connectivity index (χ4v) is 4.30. The Balaban J connectivity index is 1.70. The number of benzene rings is 1. The van der Waals surface area contributed by atoms with E-state index in [2.05, 4.69) is 11.4 Å². The molecule has 150 valence electrons. The molecule has 1 saturated heterocycles. The third-order valence-corrected chi connectivity index (χ3v) is 5.76. The molecule has 2 heterocycles. The summed E-state index contributed by atoms with van der Waals surface area (Å²) >= 11 is 0. The number of carbonyl (C=O) groups excluding carboxylic acids is 3. The number of aryl methyl sites for hydroxylation is 2. The van der Waals surface area contributed by atoms with Gasteiger partial charge in [-0.05, 0) is 56.5 Å². The first-order valence-corrected chi connectivity index (χ1v) is 10.1. The van der Waals surface area contributed by atoms with Crippen molar-refractivity contribution in [2.24, 2.45) is 0 Å². The number of amides is 4. The summed E-state index contributed by atoms with van der Waals surface area (Å²) < 4.78 is 1.95. The average molecular weight is 391 g/mol. The number of aromatic nitrogens is 1. The highest BCUT2D eigenvalue weighted by Crippen LogP contribution is 2.27. The summed E-state index contributed by atoms with van der Waals surface area (Å²) in [6, 6.07) is 9.13. The van der Waals surface area contributed by atoms with Crippen LogP contribution in [0.2, 0.25) is 0 Å². The monoisotopic (exact) mass is 391 g/mol. The fraction of sp³-hybridized carbons (Fsp3) is 0.348. The van der Waals surface area contributed by atoms with Crippen molar-refractivity contribution in [3.8, 4) is 5.69 Å². The number of nitrogens with zero attached hydrogens (tertiary/aromatic N) is 2. The van der Waals surface area contributed by atoms with Crippen LogP contribution in [0.3, 0.4) is 0 Å². The van der Waals surface area contributed by atoms with Crippen LogP contribution in [0.4, 0.5) is 4.79 Å². The number of hydrogen-bond acceptors (Lipinski definition) is 3. The lowest BCUT2D eigenvalue weighted by molar-refractivity contribution is -0.132. The van der Waals surface area contributed by atoms with E-state index in [9.17, 15) is 14.4 Å². The maximum absolute atomic E-state index is 13.1. The smallest absolute Gasteiger partial charge is 0.317 e. The molecule has 0 atom stereocenters. The Bertz CT molecular complexity index is 1010. The Labute approximate surface area is 170 Å². The van der Waals surface area contributed by atoms with Gasteiger partial charge in [-0.1, -0.05) is 37.0 Å². The minimum atomic E-state index is -0.638. The van der Waals surface area contributed by atoms with Crippen LogP contribution in [0, 0.1) is 13.8 Å². The van der Waals surface area contributed by atoms with Gasteiger partial charge < -0.3 is 4.57 Å². The molecule has 1 aliphatic heterocycles. The molecule has 1 aromatic heterocycles. The number of carbonyl (C=O) groups is 3. The largest absolute Gasteiger partial charge is 0.331 e. The van der Waals surface area contributed by atoms with Crippen LogP contribution in [0.5, 0.6) is 0 Å². The third kappa shape index (κ3) is 3.62. The molecule has 4 rings (SSSR count). The van der Waals surface area contributed by atoms with Crippen LogP contribution in [-0.2, 0) is 9.59 Å². The molecule has 2 aromatic rings. The number of barbiturate groups is 1. The molecule has 1 aromatic carbocycles. The predicted molar refractivity (Wildman–Crippen MR) is 110 cm³/mol. The highest BCUT2D eigenvalue weighted by atomic mass is 16.2. The van der Waals surface area contributed by atoms with Gasteiger partial charge in [-0.25, -0.2) is 4.79 Å². The van der Waals surface area contributed by atoms with E-state index in [0.717, 1.165) is 43.4 Å². The van der Waals surface area contributed by atoms with E-state index in [0.29, 0.717) is 5.69 Å². The number of nitrogens with one attached hydrogen (secondary N) is 1. The maximum Gasteiger partial charge on any atom is 0.331 e. The highest BCUT2D eigenvalue weighted by molar-refractivity contribution is 6.31. The van der Waals surface area contributed by atoms with Crippen LogP contribution >= 0.6 is 0 Å². The van der Waals surface area contributed by atoms with Crippen molar-refractivity contribution in [2.75, 3.05) is 0 Å². The van der Waals surface area contributed by atoms with Gasteiger partial charge in [0.25, 0.3) is 11.8 Å². The Kier molecular flexibility index (Phi) is 5.09. The van der Waals surface area contributed by atoms with Crippen molar-refractivity contribution in [3.05, 3.63) is 58.9 Å². The fourth-order valence-electron chi connectivity index (χ4n) is 4.30. The van der Waals surface area contributed by atoms with Crippen molar-refractivity contribution < 1.29 is 14.4 Å². The topological polar surface area (TPSA) is 71.4 Å². The van der Waals surface area contributed by atoms with E-state index >= 15 is 0 Å². The molecular weight excluding hydrogens is 366 g/mol. The maximum atomic E-state index is 13.1. The Morgan fingerprint density at radius 2 is 1.79 bits per heavy atom. The SMILES string of the molecule is Cc1ccc(-n2cccc2C=C2C(=O)NC(=O)N(C3CCCCC3)C2=O)c(C)c1. The van der Waals surface area contributed by atoms with E-state index in [1.807, 2.05) is 48.9 Å². The normalized spacial score (nSPS) is 19.7. The zero-order valence-electron chi connectivity index (χ0n) is 16.8. The predicted octanol–water partition coefficient (Wildman–Crippen LogP) is 3.89. The molecule has 0 spiro atoms. The number of hydrogen-bond donors (Lipinski definition) is 1. The van der Waals surface area contributed by atoms with Crippen LogP contribution < -0.4 is 5.32 Å². The van der Waals surface area contributed by atoms with Crippen LogP contribution in [0.15, 0.2) is 42.1 Å². The van der Waals surface area contributed by atoms with Gasteiger partial charge in [0.2, 0.25) is 0 Å². The summed E-state index contributed by atoms with van der Waals surface area (Å²) in [6.45, 7) is 4.07. The summed E-state index contributed by atoms with van der Waals surface area (Å²) in [5.41, 5.74) is 3.96. The van der Waals surface area contributed by atoms with Crippen LogP contribution in [0.1, 0.15) is 48.9 Å². The van der Waals surface area contributed by atoms with Gasteiger partial charge in [0.15, 0.2) is 0 Å². The van der Waals surface area contributed by atoms with Crippen molar-refractivity contribution in [2.45, 2.75) is 52.0 Å². The zero-order valence-corrected chi connectivity index (χ0v) is 16.8. The van der Waals surface area contributed by atoms with E-state index in [1.165, 1.54) is 10.5 Å². The average Bonchev–Trinajstić information content (AvgIpc) is 3.14. The number of imide groups is 2. The quantitative estimate of drug-likeness (QED) is 0.637. The minimum Gasteiger partial charge on any atom is -0.317 e. The van der Waals surface area contributed by atoms with Gasteiger partial charge in [-0.3, -0.25) is 19.8 Å². The molecule has 1 saturated carbocycles. The summed E-state index contributed by atoms with van der Waals surface area (Å²) in [4.78, 5) is 39.2. The van der Waals surface area contributed by atoms with Gasteiger partial charge in [0.1, 0.15) is 5.57 Å². The minimum absolute atomic E-state index is 0.000104. The molecule has 0 radical (unpaired) electrons. The molecule has 29 heavy (non-hydrogen) atoms. The zero-order chi connectivity index (χ0) is 20.5. The van der Waals surface area contributed by atoms with E-state index < -0.39 is 17.8 Å². The van der Waals surface area contributed by atoms with Gasteiger partial charge in [0, 0.05) is 23.6 Å². The molecule has 0 unspecified atom stereocenters. The van der Waals surface area contributed by atoms with Crippen molar-refractivity contribution in [1.29, 1.82) is 0 Å². The van der Waals surface area contributed by atoms with Gasteiger partial charge in [-0.2, -0.15) is 0 Å². The lowest BCUT2D eigenvalue weighted by atomic mass is 9.93. The molecular formula is C23H25N3O3. The summed E-state index contributed by atoms with van der Waals surface area (Å²) in [7, 11) is 0. The second-order valence-electron chi connectivity index (χ2n) is 7.88. The highest BCUT2D eigenvalue weighted by Gasteiger charge is 2.40. The van der Waals surface area contributed by atoms with E-state index in [4.69, 9.17) is 0 Å². The molecule has 0 bridgehead atoms. The van der Waals surface area contributed by atoms with Gasteiger partial charge in [-0.15, -0.1) is 0 Å². The lowest BCUT2D eigenvalue weighted by Gasteiger charge is -2.35. The molecule has 1 aliphatic carbocycles. The first kappa shape index (κ1) is 19.2. The molecule has 6 nitrogen and oxygen atoms in total. The molecule has 4 amide bonds. The lowest BCUT2D eigenvalue weighted by Crippen LogP contribution is -2.58. The van der Waals surface area contributed by atoms with Crippen LogP contribution in [0.25, 0.3) is 11.8 Å². The summed E-state index contributed by atoms with van der Waals surface area (Å²) in [6.07, 6.45) is 8.16.